The van der Waals surface area contributed by atoms with Gasteiger partial charge in [0, 0.05) is 0 Å². The first-order valence-corrected chi connectivity index (χ1v) is 7.69. The van der Waals surface area contributed by atoms with Crippen LogP contribution in [-0.2, 0) is 9.53 Å². The van der Waals surface area contributed by atoms with Gasteiger partial charge in [-0.15, -0.1) is 0 Å². The maximum absolute atomic E-state index is 15.7. The maximum Gasteiger partial charge on any atom is 0.356 e. The lowest BCUT2D eigenvalue weighted by Gasteiger charge is -2.35. The first kappa shape index (κ1) is 16.7. The highest BCUT2D eigenvalue weighted by atomic mass is 19.1. The molecule has 0 unspecified atom stereocenters. The third-order valence-electron chi connectivity index (χ3n) is 3.98. The molecule has 0 fully saturated rings. The van der Waals surface area contributed by atoms with E-state index in [1.54, 1.807) is 12.1 Å². The molecule has 0 N–H and O–H groups in total. The van der Waals surface area contributed by atoms with Crippen LogP contribution in [0.1, 0.15) is 34.5 Å². The molecule has 0 aromatic heterocycles. The Morgan fingerprint density at radius 1 is 1.28 bits per heavy atom. The highest BCUT2D eigenvalue weighted by Gasteiger charge is 2.60. The van der Waals surface area contributed by atoms with Crippen molar-refractivity contribution in [3.63, 3.8) is 0 Å². The molecule has 126 valence electrons. The van der Waals surface area contributed by atoms with Crippen molar-refractivity contribution < 1.29 is 23.5 Å². The second-order valence-electron chi connectivity index (χ2n) is 5.49. The normalized spacial score (nSPS) is 21.6. The number of Topliss-reactive ketones (excluding diaryl/α,β-unsaturated/α-hetero) is 1. The highest BCUT2D eigenvalue weighted by molar-refractivity contribution is 6.18. The van der Waals surface area contributed by atoms with Gasteiger partial charge >= 0.3 is 11.6 Å². The van der Waals surface area contributed by atoms with Gasteiger partial charge in [0.15, 0.2) is 6.10 Å². The predicted octanol–water partition coefficient (Wildman–Crippen LogP) is 3.15. The minimum Gasteiger partial charge on any atom is -0.480 e. The van der Waals surface area contributed by atoms with Gasteiger partial charge in [-0.2, -0.15) is 5.26 Å². The van der Waals surface area contributed by atoms with Gasteiger partial charge in [-0.25, -0.2) is 9.18 Å². The zero-order chi connectivity index (χ0) is 18.0. The SMILES string of the molecule is CCOC(=O)[C@]1(F)C(=O)c2ccccc2O[C@@H]1c1ccc(C#N)cc1. The molecule has 0 amide bonds. The van der Waals surface area contributed by atoms with Crippen molar-refractivity contribution in [1.82, 2.24) is 0 Å². The van der Waals surface area contributed by atoms with Crippen molar-refractivity contribution in [1.29, 1.82) is 5.26 Å². The number of carbonyl (C=O) groups is 2. The number of fused-ring (bicyclic) bond motifs is 1. The molecule has 1 aliphatic rings. The summed E-state index contributed by atoms with van der Waals surface area (Å²) in [5, 5.41) is 8.89. The Morgan fingerprint density at radius 3 is 2.60 bits per heavy atom. The van der Waals surface area contributed by atoms with Crippen molar-refractivity contribution in [3.05, 3.63) is 65.2 Å². The molecule has 2 atom stereocenters. The summed E-state index contributed by atoms with van der Waals surface area (Å²) >= 11 is 0. The molecule has 0 spiro atoms. The third kappa shape index (κ3) is 2.64. The molecule has 2 aromatic rings. The number of rotatable bonds is 3. The van der Waals surface area contributed by atoms with E-state index in [1.807, 2.05) is 6.07 Å². The minimum atomic E-state index is -3.00. The molecule has 6 heteroatoms. The van der Waals surface area contributed by atoms with Crippen LogP contribution in [0.15, 0.2) is 48.5 Å². The van der Waals surface area contributed by atoms with Gasteiger partial charge in [0.05, 0.1) is 23.8 Å². The van der Waals surface area contributed by atoms with Crippen molar-refractivity contribution in [2.75, 3.05) is 6.61 Å². The predicted molar refractivity (Wildman–Crippen MR) is 85.8 cm³/mol. The van der Waals surface area contributed by atoms with E-state index in [0.717, 1.165) is 0 Å². The number of carbonyl (C=O) groups excluding carboxylic acids is 2. The standard InChI is InChI=1S/C19H14FNO4/c1-2-24-18(23)19(20)16(22)14-5-3-4-6-15(14)25-17(19)13-9-7-12(11-21)8-10-13/h3-10,17H,2H2,1H3/t17-,19+/m1/s1. The number of benzene rings is 2. The van der Waals surface area contributed by atoms with Crippen molar-refractivity contribution >= 4 is 11.8 Å². The van der Waals surface area contributed by atoms with Crippen LogP contribution < -0.4 is 4.74 Å². The van der Waals surface area contributed by atoms with E-state index in [0.29, 0.717) is 5.56 Å². The largest absolute Gasteiger partial charge is 0.480 e. The summed E-state index contributed by atoms with van der Waals surface area (Å²) in [5.74, 6) is -2.09. The smallest absolute Gasteiger partial charge is 0.356 e. The highest BCUT2D eigenvalue weighted by Crippen LogP contribution is 2.44. The molecule has 0 aliphatic carbocycles. The second-order valence-corrected chi connectivity index (χ2v) is 5.49. The fourth-order valence-electron chi connectivity index (χ4n) is 2.75. The van der Waals surface area contributed by atoms with Crippen LogP contribution in [0.5, 0.6) is 5.75 Å². The second kappa shape index (κ2) is 6.36. The van der Waals surface area contributed by atoms with Crippen LogP contribution in [0.2, 0.25) is 0 Å². The zero-order valence-corrected chi connectivity index (χ0v) is 13.4. The van der Waals surface area contributed by atoms with Crippen LogP contribution in [0.4, 0.5) is 4.39 Å². The molecular formula is C19H14FNO4. The number of nitrogens with zero attached hydrogens (tertiary/aromatic N) is 1. The van der Waals surface area contributed by atoms with Crippen LogP contribution in [0.25, 0.3) is 0 Å². The lowest BCUT2D eigenvalue weighted by molar-refractivity contribution is -0.160. The Balaban J connectivity index is 2.14. The summed E-state index contributed by atoms with van der Waals surface area (Å²) in [6.07, 6.45) is -1.50. The van der Waals surface area contributed by atoms with E-state index >= 15 is 4.39 Å². The minimum absolute atomic E-state index is 0.0112. The van der Waals surface area contributed by atoms with Crippen molar-refractivity contribution in [3.8, 4) is 11.8 Å². The zero-order valence-electron chi connectivity index (χ0n) is 13.4. The van der Waals surface area contributed by atoms with Crippen LogP contribution in [-0.4, -0.2) is 24.0 Å². The van der Waals surface area contributed by atoms with Crippen molar-refractivity contribution in [2.24, 2.45) is 0 Å². The Labute approximate surface area is 143 Å². The summed E-state index contributed by atoms with van der Waals surface area (Å²) in [6.45, 7) is 1.46. The van der Waals surface area contributed by atoms with Gasteiger partial charge in [0.25, 0.3) is 0 Å². The number of halogens is 1. The number of ether oxygens (including phenoxy) is 2. The average Bonchev–Trinajstić information content (AvgIpc) is 2.65. The molecule has 0 saturated carbocycles. The van der Waals surface area contributed by atoms with Gasteiger partial charge in [-0.05, 0) is 36.8 Å². The maximum atomic E-state index is 15.7. The molecule has 2 aromatic carbocycles. The fourth-order valence-corrected chi connectivity index (χ4v) is 2.75. The first-order chi connectivity index (χ1) is 12.0. The molecule has 25 heavy (non-hydrogen) atoms. The lowest BCUT2D eigenvalue weighted by Crippen LogP contribution is -2.53. The van der Waals surface area contributed by atoms with Crippen LogP contribution >= 0.6 is 0 Å². The van der Waals surface area contributed by atoms with Crippen LogP contribution in [0.3, 0.4) is 0 Å². The topological polar surface area (TPSA) is 76.4 Å². The summed E-state index contributed by atoms with van der Waals surface area (Å²) in [7, 11) is 0. The molecule has 0 saturated heterocycles. The van der Waals surface area contributed by atoms with Gasteiger partial charge in [0.2, 0.25) is 5.78 Å². The molecule has 0 radical (unpaired) electrons. The average molecular weight is 339 g/mol. The summed E-state index contributed by atoms with van der Waals surface area (Å²) in [5.41, 5.74) is -2.38. The lowest BCUT2D eigenvalue weighted by atomic mass is 9.82. The monoisotopic (exact) mass is 339 g/mol. The summed E-state index contributed by atoms with van der Waals surface area (Å²) < 4.78 is 26.2. The fraction of sp³-hybridized carbons (Fsp3) is 0.211. The molecule has 1 aliphatic heterocycles. The Morgan fingerprint density at radius 2 is 1.96 bits per heavy atom. The Bertz CT molecular complexity index is 872. The number of ketones is 1. The first-order valence-electron chi connectivity index (χ1n) is 7.69. The Hall–Kier alpha value is -3.20. The number of alkyl halides is 1. The number of hydrogen-bond donors (Lipinski definition) is 0. The Kier molecular flexibility index (Phi) is 4.24. The molecule has 5 nitrogen and oxygen atoms in total. The number of para-hydroxylation sites is 1. The van der Waals surface area contributed by atoms with E-state index in [-0.39, 0.29) is 23.5 Å². The number of nitriles is 1. The summed E-state index contributed by atoms with van der Waals surface area (Å²) in [4.78, 5) is 25.0. The van der Waals surface area contributed by atoms with Crippen molar-refractivity contribution in [2.45, 2.75) is 18.7 Å². The third-order valence-corrected chi connectivity index (χ3v) is 3.98. The molecule has 0 bridgehead atoms. The quantitative estimate of drug-likeness (QED) is 0.634. The van der Waals surface area contributed by atoms with Gasteiger partial charge < -0.3 is 9.47 Å². The molecular weight excluding hydrogens is 325 g/mol. The van der Waals surface area contributed by atoms with E-state index in [1.165, 1.54) is 43.3 Å². The van der Waals surface area contributed by atoms with Crippen LogP contribution in [0, 0.1) is 11.3 Å². The van der Waals surface area contributed by atoms with Gasteiger partial charge in [-0.3, -0.25) is 4.79 Å². The molecule has 3 rings (SSSR count). The summed E-state index contributed by atoms with van der Waals surface area (Å²) in [6, 6.07) is 14.0. The number of hydrogen-bond acceptors (Lipinski definition) is 5. The van der Waals surface area contributed by atoms with E-state index < -0.39 is 23.5 Å². The number of esters is 1. The van der Waals surface area contributed by atoms with E-state index in [4.69, 9.17) is 14.7 Å². The molecule has 1 heterocycles. The van der Waals surface area contributed by atoms with E-state index in [2.05, 4.69) is 0 Å². The van der Waals surface area contributed by atoms with Gasteiger partial charge in [-0.1, -0.05) is 24.3 Å². The van der Waals surface area contributed by atoms with E-state index in [9.17, 15) is 9.59 Å². The van der Waals surface area contributed by atoms with Gasteiger partial charge in [0.1, 0.15) is 5.75 Å².